The monoisotopic (exact) mass is 376 g/mol. The van der Waals surface area contributed by atoms with Crippen LogP contribution in [0.3, 0.4) is 0 Å². The van der Waals surface area contributed by atoms with Gasteiger partial charge in [0.25, 0.3) is 5.69 Å². The van der Waals surface area contributed by atoms with Crippen molar-refractivity contribution in [2.24, 2.45) is 0 Å². The lowest BCUT2D eigenvalue weighted by molar-refractivity contribution is -0.384. The Balaban J connectivity index is 2.00. The maximum atomic E-state index is 10.8. The van der Waals surface area contributed by atoms with E-state index in [9.17, 15) is 15.2 Å². The zero-order valence-electron chi connectivity index (χ0n) is 12.2. The molecule has 0 spiro atoms. The Morgan fingerprint density at radius 2 is 2.09 bits per heavy atom. The van der Waals surface area contributed by atoms with Crippen LogP contribution in [0.2, 0.25) is 0 Å². The van der Waals surface area contributed by atoms with E-state index in [-0.39, 0.29) is 11.4 Å². The molecular weight excluding hydrogens is 364 g/mol. The number of ether oxygens (including phenoxy) is 1. The average Bonchev–Trinajstić information content (AvgIpc) is 2.92. The fraction of sp³-hybridized carbons (Fsp3) is 0.125. The summed E-state index contributed by atoms with van der Waals surface area (Å²) in [7, 11) is 1.50. The van der Waals surface area contributed by atoms with E-state index >= 15 is 0 Å². The minimum absolute atomic E-state index is 0.0541. The van der Waals surface area contributed by atoms with Gasteiger partial charge in [-0.05, 0) is 29.3 Å². The molecule has 0 fully saturated rings. The van der Waals surface area contributed by atoms with Crippen molar-refractivity contribution in [3.8, 4) is 11.5 Å². The van der Waals surface area contributed by atoms with Crippen LogP contribution in [0.15, 0.2) is 41.0 Å². The van der Waals surface area contributed by atoms with Gasteiger partial charge in [-0.25, -0.2) is 0 Å². The van der Waals surface area contributed by atoms with Crippen LogP contribution in [0.25, 0.3) is 10.9 Å². The summed E-state index contributed by atoms with van der Waals surface area (Å²) in [6, 6.07) is 8.11. The van der Waals surface area contributed by atoms with Gasteiger partial charge in [0.05, 0.1) is 17.5 Å². The van der Waals surface area contributed by atoms with Crippen LogP contribution in [0.4, 0.5) is 5.69 Å². The number of benzene rings is 2. The van der Waals surface area contributed by atoms with Crippen LogP contribution >= 0.6 is 15.9 Å². The number of nitrogens with one attached hydrogen (secondary N) is 1. The Morgan fingerprint density at radius 1 is 1.30 bits per heavy atom. The molecule has 0 aliphatic carbocycles. The van der Waals surface area contributed by atoms with Gasteiger partial charge in [-0.2, -0.15) is 0 Å². The summed E-state index contributed by atoms with van der Waals surface area (Å²) in [6.45, 7) is 0. The molecule has 6 nitrogen and oxygen atoms in total. The summed E-state index contributed by atoms with van der Waals surface area (Å²) in [5.41, 5.74) is 2.72. The molecule has 0 aliphatic heterocycles. The SMILES string of the molecule is COc1cc(Cc2c[nH]c3cc([N+](=O)[O-])ccc23)c(Br)cc1O. The Kier molecular flexibility index (Phi) is 3.96. The Labute approximate surface area is 140 Å². The number of methoxy groups -OCH3 is 1. The summed E-state index contributed by atoms with van der Waals surface area (Å²) in [6.07, 6.45) is 2.43. The van der Waals surface area contributed by atoms with Crippen molar-refractivity contribution < 1.29 is 14.8 Å². The maximum absolute atomic E-state index is 10.8. The third kappa shape index (κ3) is 2.87. The third-order valence-corrected chi connectivity index (χ3v) is 4.43. The molecule has 0 aliphatic rings. The van der Waals surface area contributed by atoms with Gasteiger partial charge in [0.2, 0.25) is 0 Å². The summed E-state index contributed by atoms with van der Waals surface area (Å²) in [5.74, 6) is 0.469. The van der Waals surface area contributed by atoms with Gasteiger partial charge < -0.3 is 14.8 Å². The van der Waals surface area contributed by atoms with E-state index < -0.39 is 4.92 Å². The summed E-state index contributed by atoms with van der Waals surface area (Å²) in [4.78, 5) is 13.5. The third-order valence-electron chi connectivity index (χ3n) is 3.69. The number of fused-ring (bicyclic) bond motifs is 1. The van der Waals surface area contributed by atoms with Crippen molar-refractivity contribution in [2.45, 2.75) is 6.42 Å². The van der Waals surface area contributed by atoms with Gasteiger partial charge in [-0.1, -0.05) is 15.9 Å². The molecule has 0 unspecified atom stereocenters. The number of halogens is 1. The number of aromatic nitrogens is 1. The van der Waals surface area contributed by atoms with Crippen LogP contribution < -0.4 is 4.74 Å². The molecule has 2 N–H and O–H groups in total. The van der Waals surface area contributed by atoms with E-state index in [1.165, 1.54) is 19.2 Å². The van der Waals surface area contributed by atoms with Crippen molar-refractivity contribution in [3.05, 3.63) is 62.2 Å². The topological polar surface area (TPSA) is 88.4 Å². The highest BCUT2D eigenvalue weighted by molar-refractivity contribution is 9.10. The zero-order valence-corrected chi connectivity index (χ0v) is 13.8. The quantitative estimate of drug-likeness (QED) is 0.528. The summed E-state index contributed by atoms with van der Waals surface area (Å²) in [5, 5.41) is 21.5. The normalized spacial score (nSPS) is 10.9. The molecule has 1 aromatic heterocycles. The number of phenols is 1. The number of phenolic OH excluding ortho intramolecular Hbond substituents is 1. The number of non-ortho nitro benzene ring substituents is 1. The molecule has 0 atom stereocenters. The van der Waals surface area contributed by atoms with Crippen LogP contribution in [-0.2, 0) is 6.42 Å². The van der Waals surface area contributed by atoms with Crippen LogP contribution in [0, 0.1) is 10.1 Å². The van der Waals surface area contributed by atoms with Crippen LogP contribution in [-0.4, -0.2) is 22.1 Å². The zero-order chi connectivity index (χ0) is 16.6. The second-order valence-electron chi connectivity index (χ2n) is 5.09. The lowest BCUT2D eigenvalue weighted by Crippen LogP contribution is -1.92. The molecule has 0 saturated carbocycles. The molecule has 0 bridgehead atoms. The van der Waals surface area contributed by atoms with E-state index in [0.29, 0.717) is 12.2 Å². The number of nitro benzene ring substituents is 1. The van der Waals surface area contributed by atoms with Gasteiger partial charge in [0.1, 0.15) is 0 Å². The molecular formula is C16H13BrN2O4. The molecule has 0 radical (unpaired) electrons. The highest BCUT2D eigenvalue weighted by Crippen LogP contribution is 2.34. The van der Waals surface area contributed by atoms with Crippen LogP contribution in [0.5, 0.6) is 11.5 Å². The average molecular weight is 377 g/mol. The lowest BCUT2D eigenvalue weighted by Gasteiger charge is -2.09. The molecule has 23 heavy (non-hydrogen) atoms. The predicted molar refractivity (Wildman–Crippen MR) is 90.1 cm³/mol. The maximum Gasteiger partial charge on any atom is 0.271 e. The molecule has 2 aromatic carbocycles. The highest BCUT2D eigenvalue weighted by atomic mass is 79.9. The smallest absolute Gasteiger partial charge is 0.271 e. The minimum Gasteiger partial charge on any atom is -0.504 e. The van der Waals surface area contributed by atoms with Crippen molar-refractivity contribution in [2.75, 3.05) is 7.11 Å². The number of nitrogens with zero attached hydrogens (tertiary/aromatic N) is 1. The van der Waals surface area contributed by atoms with Gasteiger partial charge in [0.15, 0.2) is 11.5 Å². The summed E-state index contributed by atoms with van der Waals surface area (Å²) < 4.78 is 5.91. The number of hydrogen-bond acceptors (Lipinski definition) is 4. The van der Waals surface area contributed by atoms with Crippen molar-refractivity contribution >= 4 is 32.5 Å². The van der Waals surface area contributed by atoms with E-state index in [1.54, 1.807) is 18.2 Å². The Morgan fingerprint density at radius 3 is 2.78 bits per heavy atom. The standard InChI is InChI=1S/C16H13BrN2O4/c1-23-16-5-9(13(17)7-15(16)20)4-10-8-18-14-6-11(19(21)22)2-3-12(10)14/h2-3,5-8,18,20H,4H2,1H3. The second-order valence-corrected chi connectivity index (χ2v) is 5.95. The van der Waals surface area contributed by atoms with E-state index in [2.05, 4.69) is 20.9 Å². The largest absolute Gasteiger partial charge is 0.504 e. The van der Waals surface area contributed by atoms with Crippen LogP contribution in [0.1, 0.15) is 11.1 Å². The number of H-pyrrole nitrogens is 1. The number of aromatic amines is 1. The highest BCUT2D eigenvalue weighted by Gasteiger charge is 2.13. The first-order valence-corrected chi connectivity index (χ1v) is 7.58. The van der Waals surface area contributed by atoms with Gasteiger partial charge in [-0.15, -0.1) is 0 Å². The summed E-state index contributed by atoms with van der Waals surface area (Å²) >= 11 is 3.44. The van der Waals surface area contributed by atoms with Gasteiger partial charge >= 0.3 is 0 Å². The number of nitro groups is 1. The molecule has 7 heteroatoms. The van der Waals surface area contributed by atoms with E-state index in [1.807, 2.05) is 6.20 Å². The van der Waals surface area contributed by atoms with Gasteiger partial charge in [0, 0.05) is 34.6 Å². The minimum atomic E-state index is -0.415. The predicted octanol–water partition coefficient (Wildman–Crippen LogP) is 4.14. The number of aromatic hydroxyl groups is 1. The van der Waals surface area contributed by atoms with Gasteiger partial charge in [-0.3, -0.25) is 10.1 Å². The number of hydrogen-bond donors (Lipinski definition) is 2. The van der Waals surface area contributed by atoms with E-state index in [0.717, 1.165) is 26.5 Å². The van der Waals surface area contributed by atoms with Crippen molar-refractivity contribution in [3.63, 3.8) is 0 Å². The number of rotatable bonds is 4. The fourth-order valence-corrected chi connectivity index (χ4v) is 2.99. The fourth-order valence-electron chi connectivity index (χ4n) is 2.52. The lowest BCUT2D eigenvalue weighted by atomic mass is 10.0. The van der Waals surface area contributed by atoms with Crippen molar-refractivity contribution in [1.29, 1.82) is 0 Å². The Bertz CT molecular complexity index is 904. The molecule has 3 aromatic rings. The van der Waals surface area contributed by atoms with Crippen molar-refractivity contribution in [1.82, 2.24) is 4.98 Å². The molecule has 0 amide bonds. The first kappa shape index (κ1) is 15.4. The second kappa shape index (κ2) is 5.92. The Hall–Kier alpha value is -2.54. The first-order chi connectivity index (χ1) is 11.0. The molecule has 1 heterocycles. The molecule has 0 saturated heterocycles. The molecule has 3 rings (SSSR count). The first-order valence-electron chi connectivity index (χ1n) is 6.79. The van der Waals surface area contributed by atoms with E-state index in [4.69, 9.17) is 4.74 Å². The molecule has 118 valence electrons.